The lowest BCUT2D eigenvalue weighted by Crippen LogP contribution is -2.37. The highest BCUT2D eigenvalue weighted by Crippen LogP contribution is 2.39. The van der Waals surface area contributed by atoms with E-state index in [1.165, 1.54) is 10.5 Å². The molecule has 0 atom stereocenters. The molecule has 0 saturated carbocycles. The quantitative estimate of drug-likeness (QED) is 0.534. The number of anilines is 2. The molecule has 0 saturated heterocycles. The van der Waals surface area contributed by atoms with E-state index in [0.29, 0.717) is 23.5 Å². The van der Waals surface area contributed by atoms with Gasteiger partial charge in [0, 0.05) is 12.2 Å². The molecule has 0 fully saturated rings. The first kappa shape index (κ1) is 20.3. The number of rotatable bonds is 3. The largest absolute Gasteiger partial charge is 0.336 e. The van der Waals surface area contributed by atoms with Gasteiger partial charge in [0.15, 0.2) is 0 Å². The lowest BCUT2D eigenvalue weighted by atomic mass is 9.98. The van der Waals surface area contributed by atoms with E-state index in [2.05, 4.69) is 11.0 Å². The molecule has 2 aliphatic rings. The standard InChI is InChI=1S/C28H26N2O2/c1-18-10-13-22(14-11-18)25-26(29-16-6-8-21-7-4-5-9-24(21)29)28(32)30(27(25)31)23-15-12-19(2)20(3)17-23/h4-5,7,9-15,17H,6,8,16H2,1-3H3. The summed E-state index contributed by atoms with van der Waals surface area (Å²) in [7, 11) is 0. The second-order valence-electron chi connectivity index (χ2n) is 8.69. The van der Waals surface area contributed by atoms with Crippen molar-refractivity contribution in [3.05, 3.63) is 100 Å². The SMILES string of the molecule is Cc1ccc(C2=C(N3CCCc4ccccc43)C(=O)N(c3ccc(C)c(C)c3)C2=O)cc1. The van der Waals surface area contributed by atoms with Gasteiger partial charge in [-0.15, -0.1) is 0 Å². The van der Waals surface area contributed by atoms with Crippen LogP contribution in [0.15, 0.2) is 72.4 Å². The van der Waals surface area contributed by atoms with E-state index in [1.807, 2.05) is 81.4 Å². The van der Waals surface area contributed by atoms with Crippen molar-refractivity contribution in [1.82, 2.24) is 0 Å². The Kier molecular flexibility index (Phi) is 4.93. The molecule has 0 unspecified atom stereocenters. The van der Waals surface area contributed by atoms with Crippen molar-refractivity contribution in [3.63, 3.8) is 0 Å². The molecule has 0 bridgehead atoms. The smallest absolute Gasteiger partial charge is 0.282 e. The second kappa shape index (κ2) is 7.79. The van der Waals surface area contributed by atoms with Crippen LogP contribution in [0.2, 0.25) is 0 Å². The summed E-state index contributed by atoms with van der Waals surface area (Å²) in [4.78, 5) is 31.1. The van der Waals surface area contributed by atoms with Gasteiger partial charge in [-0.1, -0.05) is 54.1 Å². The number of fused-ring (bicyclic) bond motifs is 1. The first-order valence-electron chi connectivity index (χ1n) is 11.1. The molecular weight excluding hydrogens is 396 g/mol. The maximum atomic E-state index is 13.9. The van der Waals surface area contributed by atoms with Gasteiger partial charge in [-0.05, 0) is 74.1 Å². The van der Waals surface area contributed by atoms with Crippen molar-refractivity contribution < 1.29 is 9.59 Å². The van der Waals surface area contributed by atoms with E-state index in [1.54, 1.807) is 0 Å². The fourth-order valence-corrected chi connectivity index (χ4v) is 4.61. The molecule has 3 aromatic rings. The zero-order valence-electron chi connectivity index (χ0n) is 18.7. The Balaban J connectivity index is 1.70. The van der Waals surface area contributed by atoms with Crippen LogP contribution in [0.4, 0.5) is 11.4 Å². The van der Waals surface area contributed by atoms with Gasteiger partial charge < -0.3 is 4.90 Å². The summed E-state index contributed by atoms with van der Waals surface area (Å²) in [5.41, 5.74) is 7.87. The van der Waals surface area contributed by atoms with E-state index in [9.17, 15) is 9.59 Å². The van der Waals surface area contributed by atoms with Crippen LogP contribution in [0.3, 0.4) is 0 Å². The highest BCUT2D eigenvalue weighted by molar-refractivity contribution is 6.46. The number of carbonyl (C=O) groups is 2. The predicted octanol–water partition coefficient (Wildman–Crippen LogP) is 5.35. The van der Waals surface area contributed by atoms with E-state index in [-0.39, 0.29) is 11.8 Å². The monoisotopic (exact) mass is 422 g/mol. The summed E-state index contributed by atoms with van der Waals surface area (Å²) in [6, 6.07) is 21.8. The van der Waals surface area contributed by atoms with Crippen LogP contribution in [-0.2, 0) is 16.0 Å². The van der Waals surface area contributed by atoms with Crippen LogP contribution >= 0.6 is 0 Å². The van der Waals surface area contributed by atoms with E-state index in [4.69, 9.17) is 0 Å². The molecule has 0 aliphatic carbocycles. The molecule has 4 nitrogen and oxygen atoms in total. The zero-order chi connectivity index (χ0) is 22.4. The summed E-state index contributed by atoms with van der Waals surface area (Å²) in [6.07, 6.45) is 1.91. The molecule has 2 amide bonds. The van der Waals surface area contributed by atoms with Gasteiger partial charge in [0.25, 0.3) is 11.8 Å². The summed E-state index contributed by atoms with van der Waals surface area (Å²) < 4.78 is 0. The topological polar surface area (TPSA) is 40.6 Å². The number of hydrogen-bond donors (Lipinski definition) is 0. The molecular formula is C28H26N2O2. The molecule has 0 N–H and O–H groups in total. The Morgan fingerprint density at radius 3 is 2.28 bits per heavy atom. The first-order chi connectivity index (χ1) is 15.5. The third kappa shape index (κ3) is 3.23. The van der Waals surface area contributed by atoms with Crippen molar-refractivity contribution >= 4 is 28.8 Å². The van der Waals surface area contributed by atoms with Crippen LogP contribution in [0.1, 0.15) is 34.2 Å². The Morgan fingerprint density at radius 1 is 0.781 bits per heavy atom. The lowest BCUT2D eigenvalue weighted by Gasteiger charge is -2.32. The van der Waals surface area contributed by atoms with Gasteiger partial charge in [0.05, 0.1) is 11.3 Å². The average Bonchev–Trinajstić information content (AvgIpc) is 3.06. The summed E-state index contributed by atoms with van der Waals surface area (Å²) in [6.45, 7) is 6.75. The average molecular weight is 423 g/mol. The maximum absolute atomic E-state index is 13.9. The minimum Gasteiger partial charge on any atom is -0.336 e. The summed E-state index contributed by atoms with van der Waals surface area (Å²) >= 11 is 0. The number of para-hydroxylation sites is 1. The molecule has 2 aliphatic heterocycles. The minimum atomic E-state index is -0.264. The van der Waals surface area contributed by atoms with Crippen molar-refractivity contribution in [1.29, 1.82) is 0 Å². The fraction of sp³-hybridized carbons (Fsp3) is 0.214. The second-order valence-corrected chi connectivity index (χ2v) is 8.69. The third-order valence-corrected chi connectivity index (χ3v) is 6.53. The highest BCUT2D eigenvalue weighted by Gasteiger charge is 2.43. The minimum absolute atomic E-state index is 0.259. The fourth-order valence-electron chi connectivity index (χ4n) is 4.61. The van der Waals surface area contributed by atoms with Gasteiger partial charge in [-0.2, -0.15) is 0 Å². The molecule has 3 aromatic carbocycles. The van der Waals surface area contributed by atoms with Crippen LogP contribution in [0.5, 0.6) is 0 Å². The maximum Gasteiger partial charge on any atom is 0.282 e. The van der Waals surface area contributed by atoms with Gasteiger partial charge in [-0.25, -0.2) is 4.90 Å². The number of carbonyl (C=O) groups excluding carboxylic acids is 2. The van der Waals surface area contributed by atoms with Crippen molar-refractivity contribution in [3.8, 4) is 0 Å². The zero-order valence-corrected chi connectivity index (χ0v) is 18.7. The summed E-state index contributed by atoms with van der Waals surface area (Å²) in [5, 5.41) is 0. The van der Waals surface area contributed by atoms with Crippen LogP contribution < -0.4 is 9.80 Å². The molecule has 0 radical (unpaired) electrons. The first-order valence-corrected chi connectivity index (χ1v) is 11.1. The Morgan fingerprint density at radius 2 is 1.53 bits per heavy atom. The normalized spacial score (nSPS) is 16.1. The van der Waals surface area contributed by atoms with Crippen LogP contribution in [0, 0.1) is 20.8 Å². The number of aryl methyl sites for hydroxylation is 4. The Labute approximate surface area is 188 Å². The molecule has 160 valence electrons. The molecule has 0 aromatic heterocycles. The molecule has 32 heavy (non-hydrogen) atoms. The number of benzene rings is 3. The Hall–Kier alpha value is -3.66. The molecule has 4 heteroatoms. The van der Waals surface area contributed by atoms with Crippen LogP contribution in [0.25, 0.3) is 5.57 Å². The highest BCUT2D eigenvalue weighted by atomic mass is 16.2. The summed E-state index contributed by atoms with van der Waals surface area (Å²) in [5.74, 6) is -0.523. The van der Waals surface area contributed by atoms with Crippen molar-refractivity contribution in [2.45, 2.75) is 33.6 Å². The number of amides is 2. The van der Waals surface area contributed by atoms with E-state index < -0.39 is 0 Å². The molecule has 2 heterocycles. The Bertz CT molecular complexity index is 1270. The predicted molar refractivity (Wildman–Crippen MR) is 129 cm³/mol. The lowest BCUT2D eigenvalue weighted by molar-refractivity contribution is -0.120. The van der Waals surface area contributed by atoms with Gasteiger partial charge in [0.1, 0.15) is 5.70 Å². The van der Waals surface area contributed by atoms with Crippen molar-refractivity contribution in [2.24, 2.45) is 0 Å². The third-order valence-electron chi connectivity index (χ3n) is 6.53. The van der Waals surface area contributed by atoms with Gasteiger partial charge in [0.2, 0.25) is 0 Å². The van der Waals surface area contributed by atoms with Gasteiger partial charge in [-0.3, -0.25) is 9.59 Å². The molecule has 5 rings (SSSR count). The van der Waals surface area contributed by atoms with Gasteiger partial charge >= 0.3 is 0 Å². The number of imide groups is 1. The van der Waals surface area contributed by atoms with E-state index in [0.717, 1.165) is 40.8 Å². The van der Waals surface area contributed by atoms with E-state index >= 15 is 0 Å². The van der Waals surface area contributed by atoms with Crippen LogP contribution in [-0.4, -0.2) is 18.4 Å². The number of hydrogen-bond acceptors (Lipinski definition) is 3. The van der Waals surface area contributed by atoms with Crippen molar-refractivity contribution in [2.75, 3.05) is 16.3 Å². The molecule has 0 spiro atoms. The number of nitrogens with zero attached hydrogens (tertiary/aromatic N) is 2.